The lowest BCUT2D eigenvalue weighted by molar-refractivity contribution is -0.132. The van der Waals surface area contributed by atoms with Crippen LogP contribution in [0.15, 0.2) is 24.3 Å². The van der Waals surface area contributed by atoms with Crippen molar-refractivity contribution >= 4 is 5.97 Å². The monoisotopic (exact) mass is 359 g/mol. The van der Waals surface area contributed by atoms with Gasteiger partial charge in [0.2, 0.25) is 11.8 Å². The number of carbonyl (C=O) groups excluding carboxylic acids is 1. The predicted molar refractivity (Wildman–Crippen MR) is 91.0 cm³/mol. The fraction of sp³-hybridized carbons (Fsp3) is 0.421. The first-order valence-corrected chi connectivity index (χ1v) is 8.41. The van der Waals surface area contributed by atoms with Crippen molar-refractivity contribution < 1.29 is 18.3 Å². The highest BCUT2D eigenvalue weighted by atomic mass is 19.3. The molecule has 0 saturated heterocycles. The molecule has 1 heterocycles. The van der Waals surface area contributed by atoms with E-state index in [2.05, 4.69) is 5.10 Å². The summed E-state index contributed by atoms with van der Waals surface area (Å²) < 4.78 is 33.9. The van der Waals surface area contributed by atoms with Crippen molar-refractivity contribution in [1.82, 2.24) is 9.78 Å². The van der Waals surface area contributed by atoms with Gasteiger partial charge in [-0.2, -0.15) is 10.4 Å². The van der Waals surface area contributed by atoms with Crippen LogP contribution in [0, 0.1) is 11.3 Å². The summed E-state index contributed by atoms with van der Waals surface area (Å²) in [7, 11) is 0. The summed E-state index contributed by atoms with van der Waals surface area (Å²) in [4.78, 5) is 11.6. The first-order valence-electron chi connectivity index (χ1n) is 8.41. The smallest absolute Gasteiger partial charge is 0.309 e. The molecule has 1 fully saturated rings. The maximum absolute atomic E-state index is 13.5. The highest BCUT2D eigenvalue weighted by Gasteiger charge is 2.49. The average Bonchev–Trinajstić information content (AvgIpc) is 2.91. The standard InChI is InChI=1S/C19H19F2N3O2/c1-11(2)24-18(26-12(3)25)16(15-8-19(20,21)9-15)17(23-24)14-6-4-13(10-22)5-7-14/h4-7,11,15H,8-9H2,1-3H3. The third-order valence-electron chi connectivity index (χ3n) is 4.42. The molecule has 1 saturated carbocycles. The van der Waals surface area contributed by atoms with Crippen LogP contribution in [0.25, 0.3) is 11.3 Å². The van der Waals surface area contributed by atoms with Gasteiger partial charge in [-0.25, -0.2) is 13.5 Å². The molecular weight excluding hydrogens is 340 g/mol. The largest absolute Gasteiger partial charge is 0.408 e. The van der Waals surface area contributed by atoms with Gasteiger partial charge in [0.1, 0.15) is 0 Å². The number of aromatic nitrogens is 2. The van der Waals surface area contributed by atoms with Gasteiger partial charge in [-0.15, -0.1) is 0 Å². The van der Waals surface area contributed by atoms with Crippen LogP contribution in [0.1, 0.15) is 56.7 Å². The fourth-order valence-electron chi connectivity index (χ4n) is 3.17. The fourth-order valence-corrected chi connectivity index (χ4v) is 3.17. The Labute approximate surface area is 150 Å². The number of esters is 1. The molecule has 0 atom stereocenters. The van der Waals surface area contributed by atoms with Crippen LogP contribution >= 0.6 is 0 Å². The molecule has 2 aromatic rings. The Morgan fingerprint density at radius 2 is 1.96 bits per heavy atom. The molecule has 1 aliphatic rings. The van der Waals surface area contributed by atoms with E-state index < -0.39 is 17.8 Å². The lowest BCUT2D eigenvalue weighted by atomic mass is 9.76. The van der Waals surface area contributed by atoms with Gasteiger partial charge in [-0.1, -0.05) is 12.1 Å². The van der Waals surface area contributed by atoms with Crippen molar-refractivity contribution in [3.63, 3.8) is 0 Å². The molecule has 1 aromatic carbocycles. The van der Waals surface area contributed by atoms with Crippen molar-refractivity contribution in [2.75, 3.05) is 0 Å². The van der Waals surface area contributed by atoms with Crippen LogP contribution in [0.4, 0.5) is 8.78 Å². The highest BCUT2D eigenvalue weighted by Crippen LogP contribution is 2.53. The van der Waals surface area contributed by atoms with Gasteiger partial charge in [-0.05, 0) is 26.0 Å². The van der Waals surface area contributed by atoms with Crippen molar-refractivity contribution in [2.24, 2.45) is 0 Å². The molecule has 7 heteroatoms. The maximum Gasteiger partial charge on any atom is 0.309 e. The number of halogens is 2. The predicted octanol–water partition coefficient (Wildman–Crippen LogP) is 4.44. The minimum absolute atomic E-state index is 0.115. The molecule has 1 aliphatic carbocycles. The van der Waals surface area contributed by atoms with Crippen molar-refractivity contribution in [3.8, 4) is 23.2 Å². The topological polar surface area (TPSA) is 67.9 Å². The number of alkyl halides is 2. The van der Waals surface area contributed by atoms with E-state index in [1.807, 2.05) is 19.9 Å². The Balaban J connectivity index is 2.15. The Hall–Kier alpha value is -2.75. The van der Waals surface area contributed by atoms with Crippen LogP contribution in [0.2, 0.25) is 0 Å². The Bertz CT molecular complexity index is 871. The van der Waals surface area contributed by atoms with E-state index in [-0.39, 0.29) is 24.8 Å². The van der Waals surface area contributed by atoms with Gasteiger partial charge < -0.3 is 4.74 Å². The summed E-state index contributed by atoms with van der Waals surface area (Å²) in [6, 6.07) is 8.67. The number of carbonyl (C=O) groups is 1. The normalized spacial score (nSPS) is 16.2. The van der Waals surface area contributed by atoms with Gasteiger partial charge >= 0.3 is 5.97 Å². The van der Waals surface area contributed by atoms with Gasteiger partial charge in [-0.3, -0.25) is 4.79 Å². The summed E-state index contributed by atoms with van der Waals surface area (Å²) in [5.41, 5.74) is 2.24. The van der Waals surface area contributed by atoms with E-state index in [0.717, 1.165) is 0 Å². The number of rotatable bonds is 4. The van der Waals surface area contributed by atoms with Gasteiger partial charge in [0, 0.05) is 36.8 Å². The van der Waals surface area contributed by atoms with Crippen molar-refractivity contribution in [3.05, 3.63) is 35.4 Å². The van der Waals surface area contributed by atoms with Crippen LogP contribution in [0.3, 0.4) is 0 Å². The van der Waals surface area contributed by atoms with E-state index in [0.29, 0.717) is 22.4 Å². The van der Waals surface area contributed by atoms with E-state index in [4.69, 9.17) is 10.00 Å². The lowest BCUT2D eigenvalue weighted by Crippen LogP contribution is -2.34. The quantitative estimate of drug-likeness (QED) is 0.757. The third kappa shape index (κ3) is 3.32. The van der Waals surface area contributed by atoms with Gasteiger partial charge in [0.05, 0.1) is 23.4 Å². The molecule has 136 valence electrons. The summed E-state index contributed by atoms with van der Waals surface area (Å²) in [6.07, 6.45) is -0.595. The molecule has 0 radical (unpaired) electrons. The molecule has 0 spiro atoms. The van der Waals surface area contributed by atoms with E-state index in [9.17, 15) is 13.6 Å². The molecule has 1 aromatic heterocycles. The number of nitrogens with zero attached hydrogens (tertiary/aromatic N) is 3. The minimum Gasteiger partial charge on any atom is -0.408 e. The summed E-state index contributed by atoms with van der Waals surface area (Å²) in [6.45, 7) is 5.03. The van der Waals surface area contributed by atoms with E-state index in [1.54, 1.807) is 28.9 Å². The Morgan fingerprint density at radius 3 is 2.42 bits per heavy atom. The van der Waals surface area contributed by atoms with Crippen LogP contribution in [0.5, 0.6) is 5.88 Å². The van der Waals surface area contributed by atoms with E-state index >= 15 is 0 Å². The zero-order valence-electron chi connectivity index (χ0n) is 14.8. The number of nitriles is 1. The number of hydrogen-bond donors (Lipinski definition) is 0. The second-order valence-electron chi connectivity index (χ2n) is 6.85. The molecule has 0 N–H and O–H groups in total. The van der Waals surface area contributed by atoms with Crippen LogP contribution < -0.4 is 4.74 Å². The molecule has 26 heavy (non-hydrogen) atoms. The molecule has 3 rings (SSSR count). The molecule has 5 nitrogen and oxygen atoms in total. The van der Waals surface area contributed by atoms with E-state index in [1.165, 1.54) is 6.92 Å². The maximum atomic E-state index is 13.5. The van der Waals surface area contributed by atoms with Crippen molar-refractivity contribution in [1.29, 1.82) is 5.26 Å². The molecular formula is C19H19F2N3O2. The van der Waals surface area contributed by atoms with Crippen LogP contribution in [-0.4, -0.2) is 21.7 Å². The zero-order chi connectivity index (χ0) is 19.1. The second kappa shape index (κ2) is 6.52. The van der Waals surface area contributed by atoms with Gasteiger partial charge in [0.25, 0.3) is 0 Å². The summed E-state index contributed by atoms with van der Waals surface area (Å²) in [5.74, 6) is -3.43. The Kier molecular flexibility index (Phi) is 4.53. The SMILES string of the molecule is CC(=O)Oc1c(C2CC(F)(F)C2)c(-c2ccc(C#N)cc2)nn1C(C)C. The highest BCUT2D eigenvalue weighted by molar-refractivity contribution is 5.73. The first-order chi connectivity index (χ1) is 12.2. The second-order valence-corrected chi connectivity index (χ2v) is 6.85. The molecule has 0 unspecified atom stereocenters. The summed E-state index contributed by atoms with van der Waals surface area (Å²) >= 11 is 0. The number of hydrogen-bond acceptors (Lipinski definition) is 4. The number of benzene rings is 1. The minimum atomic E-state index is -2.71. The molecule has 0 amide bonds. The van der Waals surface area contributed by atoms with Crippen molar-refractivity contribution in [2.45, 2.75) is 51.5 Å². The molecule has 0 bridgehead atoms. The number of ether oxygens (including phenoxy) is 1. The average molecular weight is 359 g/mol. The molecule has 0 aliphatic heterocycles. The first kappa shape index (κ1) is 18.1. The zero-order valence-corrected chi connectivity index (χ0v) is 14.8. The summed E-state index contributed by atoms with van der Waals surface area (Å²) in [5, 5.41) is 13.5. The lowest BCUT2D eigenvalue weighted by Gasteiger charge is -2.35. The van der Waals surface area contributed by atoms with Gasteiger partial charge in [0.15, 0.2) is 0 Å². The Morgan fingerprint density at radius 1 is 1.35 bits per heavy atom. The van der Waals surface area contributed by atoms with Crippen LogP contribution in [-0.2, 0) is 4.79 Å². The third-order valence-corrected chi connectivity index (χ3v) is 4.42.